The number of carbonyl (C=O) groups is 2. The molecule has 3 heteroatoms. The number of ether oxygens (including phenoxy) is 1. The van der Waals surface area contributed by atoms with Crippen molar-refractivity contribution in [1.29, 1.82) is 0 Å². The number of carbonyl (C=O) groups excluding carboxylic acids is 2. The molecular formula is C8H14O3. The number of methoxy groups -OCH3 is 1. The highest BCUT2D eigenvalue weighted by atomic mass is 16.5. The van der Waals surface area contributed by atoms with Crippen molar-refractivity contribution in [2.45, 2.75) is 26.9 Å². The van der Waals surface area contributed by atoms with Crippen molar-refractivity contribution in [2.75, 3.05) is 7.11 Å². The summed E-state index contributed by atoms with van der Waals surface area (Å²) in [7, 11) is 1.41. The number of hydrogen-bond acceptors (Lipinski definition) is 3. The second-order valence-electron chi connectivity index (χ2n) is 2.76. The van der Waals surface area contributed by atoms with Gasteiger partial charge in [-0.1, -0.05) is 13.8 Å². The summed E-state index contributed by atoms with van der Waals surface area (Å²) >= 11 is 0. The van der Waals surface area contributed by atoms with Crippen LogP contribution < -0.4 is 0 Å². The van der Waals surface area contributed by atoms with Crippen LogP contribution in [0.1, 0.15) is 20.8 Å². The van der Waals surface area contributed by atoms with Gasteiger partial charge in [-0.15, -0.1) is 0 Å². The molecule has 0 rings (SSSR count). The molecular weight excluding hydrogens is 144 g/mol. The largest absolute Gasteiger partial charge is 0.373 e. The molecule has 0 aliphatic rings. The van der Waals surface area contributed by atoms with Crippen LogP contribution in [0.5, 0.6) is 0 Å². The predicted octanol–water partition coefficient (Wildman–Crippen LogP) is 0.815. The van der Waals surface area contributed by atoms with Crippen LogP contribution in [0.3, 0.4) is 0 Å². The van der Waals surface area contributed by atoms with Gasteiger partial charge in [0, 0.05) is 13.0 Å². The summed E-state index contributed by atoms with van der Waals surface area (Å²) in [6.07, 6.45) is -0.607. The molecule has 0 spiro atoms. The van der Waals surface area contributed by atoms with E-state index in [2.05, 4.69) is 0 Å². The Morgan fingerprint density at radius 3 is 1.82 bits per heavy atom. The molecule has 1 unspecified atom stereocenters. The standard InChI is InChI=1S/C8H14O3/c1-5(2)7(9)8(10)6(3)11-4/h5-6H,1-4H3. The van der Waals surface area contributed by atoms with Gasteiger partial charge in [0.15, 0.2) is 0 Å². The average molecular weight is 158 g/mol. The van der Waals surface area contributed by atoms with Crippen molar-refractivity contribution in [3.63, 3.8) is 0 Å². The monoisotopic (exact) mass is 158 g/mol. The van der Waals surface area contributed by atoms with Gasteiger partial charge in [-0.3, -0.25) is 9.59 Å². The molecule has 0 radical (unpaired) electrons. The smallest absolute Gasteiger partial charge is 0.226 e. The highest BCUT2D eigenvalue weighted by Gasteiger charge is 2.22. The van der Waals surface area contributed by atoms with E-state index in [0.29, 0.717) is 0 Å². The molecule has 11 heavy (non-hydrogen) atoms. The zero-order valence-electron chi connectivity index (χ0n) is 7.38. The SMILES string of the molecule is COC(C)C(=O)C(=O)C(C)C. The molecule has 1 atom stereocenters. The molecule has 0 amide bonds. The van der Waals surface area contributed by atoms with Gasteiger partial charge in [-0.25, -0.2) is 0 Å². The zero-order chi connectivity index (χ0) is 9.02. The number of ketones is 2. The summed E-state index contributed by atoms with van der Waals surface area (Å²) in [6, 6.07) is 0. The maximum absolute atomic E-state index is 11.0. The molecule has 0 aromatic heterocycles. The Hall–Kier alpha value is -0.700. The van der Waals surface area contributed by atoms with E-state index in [9.17, 15) is 9.59 Å². The molecule has 0 bridgehead atoms. The lowest BCUT2D eigenvalue weighted by Gasteiger charge is -2.08. The Bertz CT molecular complexity index is 161. The van der Waals surface area contributed by atoms with Gasteiger partial charge in [0.1, 0.15) is 6.10 Å². The first-order valence-corrected chi connectivity index (χ1v) is 3.61. The van der Waals surface area contributed by atoms with Crippen LogP contribution in [0, 0.1) is 5.92 Å². The topological polar surface area (TPSA) is 43.4 Å². The summed E-state index contributed by atoms with van der Waals surface area (Å²) < 4.78 is 4.71. The lowest BCUT2D eigenvalue weighted by atomic mass is 10.0. The molecule has 0 saturated heterocycles. The minimum atomic E-state index is -0.607. The highest BCUT2D eigenvalue weighted by Crippen LogP contribution is 2.00. The van der Waals surface area contributed by atoms with E-state index in [1.54, 1.807) is 20.8 Å². The van der Waals surface area contributed by atoms with Crippen LogP contribution in [-0.2, 0) is 14.3 Å². The molecule has 0 saturated carbocycles. The Balaban J connectivity index is 4.14. The van der Waals surface area contributed by atoms with E-state index in [-0.39, 0.29) is 11.7 Å². The fourth-order valence-electron chi connectivity index (χ4n) is 0.592. The van der Waals surface area contributed by atoms with Crippen LogP contribution in [0.15, 0.2) is 0 Å². The van der Waals surface area contributed by atoms with Crippen molar-refractivity contribution >= 4 is 11.6 Å². The number of Topliss-reactive ketones (excluding diaryl/α,β-unsaturated/α-hetero) is 2. The third-order valence-corrected chi connectivity index (χ3v) is 1.49. The third kappa shape index (κ3) is 2.80. The highest BCUT2D eigenvalue weighted by molar-refractivity contribution is 6.39. The lowest BCUT2D eigenvalue weighted by molar-refractivity contribution is -0.143. The normalized spacial score (nSPS) is 13.2. The molecule has 0 aliphatic carbocycles. The molecule has 0 heterocycles. The fraction of sp³-hybridized carbons (Fsp3) is 0.750. The van der Waals surface area contributed by atoms with Gasteiger partial charge in [0.25, 0.3) is 0 Å². The quantitative estimate of drug-likeness (QED) is 0.569. The first-order chi connectivity index (χ1) is 5.00. The van der Waals surface area contributed by atoms with Gasteiger partial charge in [-0.05, 0) is 6.92 Å². The lowest BCUT2D eigenvalue weighted by Crippen LogP contribution is -2.30. The average Bonchev–Trinajstić information content (AvgIpc) is 2.00. The van der Waals surface area contributed by atoms with E-state index in [1.165, 1.54) is 7.11 Å². The van der Waals surface area contributed by atoms with Gasteiger partial charge in [0.05, 0.1) is 0 Å². The summed E-state index contributed by atoms with van der Waals surface area (Å²) in [4.78, 5) is 22.1. The second kappa shape index (κ2) is 4.23. The van der Waals surface area contributed by atoms with E-state index < -0.39 is 11.9 Å². The second-order valence-corrected chi connectivity index (χ2v) is 2.76. The van der Waals surface area contributed by atoms with Crippen LogP contribution in [0.25, 0.3) is 0 Å². The molecule has 0 aromatic rings. The summed E-state index contributed by atoms with van der Waals surface area (Å²) in [5, 5.41) is 0. The van der Waals surface area contributed by atoms with Crippen molar-refractivity contribution in [1.82, 2.24) is 0 Å². The predicted molar refractivity (Wildman–Crippen MR) is 41.3 cm³/mol. The molecule has 0 N–H and O–H groups in total. The Labute approximate surface area is 66.7 Å². The Kier molecular flexibility index (Phi) is 3.97. The minimum Gasteiger partial charge on any atom is -0.373 e. The van der Waals surface area contributed by atoms with E-state index in [0.717, 1.165) is 0 Å². The van der Waals surface area contributed by atoms with Crippen molar-refractivity contribution in [3.05, 3.63) is 0 Å². The van der Waals surface area contributed by atoms with Crippen LogP contribution in [0.2, 0.25) is 0 Å². The molecule has 64 valence electrons. The maximum Gasteiger partial charge on any atom is 0.226 e. The van der Waals surface area contributed by atoms with E-state index in [1.807, 2.05) is 0 Å². The molecule has 3 nitrogen and oxygen atoms in total. The molecule has 0 aliphatic heterocycles. The van der Waals surface area contributed by atoms with Crippen LogP contribution in [-0.4, -0.2) is 24.8 Å². The van der Waals surface area contributed by atoms with E-state index >= 15 is 0 Å². The zero-order valence-corrected chi connectivity index (χ0v) is 7.38. The molecule has 0 aromatic carbocycles. The minimum absolute atomic E-state index is 0.236. The Morgan fingerprint density at radius 1 is 1.09 bits per heavy atom. The van der Waals surface area contributed by atoms with E-state index in [4.69, 9.17) is 4.74 Å². The van der Waals surface area contributed by atoms with Crippen molar-refractivity contribution in [2.24, 2.45) is 5.92 Å². The number of hydrogen-bond donors (Lipinski definition) is 0. The fourth-order valence-corrected chi connectivity index (χ4v) is 0.592. The third-order valence-electron chi connectivity index (χ3n) is 1.49. The number of rotatable bonds is 4. The van der Waals surface area contributed by atoms with Gasteiger partial charge >= 0.3 is 0 Å². The maximum atomic E-state index is 11.0. The van der Waals surface area contributed by atoms with Gasteiger partial charge in [0.2, 0.25) is 11.6 Å². The van der Waals surface area contributed by atoms with Crippen molar-refractivity contribution < 1.29 is 14.3 Å². The van der Waals surface area contributed by atoms with Crippen LogP contribution >= 0.6 is 0 Å². The summed E-state index contributed by atoms with van der Waals surface area (Å²) in [5.74, 6) is -1.04. The Morgan fingerprint density at radius 2 is 1.55 bits per heavy atom. The molecule has 0 fully saturated rings. The summed E-state index contributed by atoms with van der Waals surface area (Å²) in [6.45, 7) is 4.97. The first kappa shape index (κ1) is 10.3. The summed E-state index contributed by atoms with van der Waals surface area (Å²) in [5.41, 5.74) is 0. The van der Waals surface area contributed by atoms with Crippen LogP contribution in [0.4, 0.5) is 0 Å². The first-order valence-electron chi connectivity index (χ1n) is 3.61. The van der Waals surface area contributed by atoms with Crippen molar-refractivity contribution in [3.8, 4) is 0 Å². The van der Waals surface area contributed by atoms with Gasteiger partial charge in [-0.2, -0.15) is 0 Å². The van der Waals surface area contributed by atoms with Gasteiger partial charge < -0.3 is 4.74 Å².